The van der Waals surface area contributed by atoms with Crippen LogP contribution in [-0.2, 0) is 16.1 Å². The third kappa shape index (κ3) is 6.29. The standard InChI is InChI=1S/C11H10F3NO4/c12-11(13,14)19-8-3-1-7(2-4-8)6-15-9(16)5-10(17)18/h1-4H,5-6H2,(H,15,16)(H,17,18). The van der Waals surface area contributed by atoms with Crippen LogP contribution in [0.15, 0.2) is 24.3 Å². The van der Waals surface area contributed by atoms with Crippen molar-refractivity contribution >= 4 is 11.9 Å². The second-order valence-electron chi connectivity index (χ2n) is 3.54. The number of ether oxygens (including phenoxy) is 1. The first-order valence-corrected chi connectivity index (χ1v) is 5.09. The molecule has 0 spiro atoms. The average Bonchev–Trinajstić information content (AvgIpc) is 2.25. The molecule has 0 fully saturated rings. The van der Waals surface area contributed by atoms with E-state index in [2.05, 4.69) is 10.1 Å². The zero-order valence-corrected chi connectivity index (χ0v) is 9.53. The molecule has 1 amide bonds. The summed E-state index contributed by atoms with van der Waals surface area (Å²) in [6.45, 7) is 0.0262. The SMILES string of the molecule is O=C(O)CC(=O)NCc1ccc(OC(F)(F)F)cc1. The summed E-state index contributed by atoms with van der Waals surface area (Å²) in [5.41, 5.74) is 0.522. The molecule has 5 nitrogen and oxygen atoms in total. The molecule has 1 aromatic rings. The Balaban J connectivity index is 2.49. The fourth-order valence-corrected chi connectivity index (χ4v) is 1.21. The summed E-state index contributed by atoms with van der Waals surface area (Å²) in [4.78, 5) is 21.2. The van der Waals surface area contributed by atoms with Crippen LogP contribution in [0, 0.1) is 0 Å². The van der Waals surface area contributed by atoms with Gasteiger partial charge in [0.1, 0.15) is 12.2 Å². The number of halogens is 3. The minimum absolute atomic E-state index is 0.0262. The lowest BCUT2D eigenvalue weighted by Crippen LogP contribution is -2.25. The Bertz CT molecular complexity index is 456. The van der Waals surface area contributed by atoms with Gasteiger partial charge in [0.25, 0.3) is 0 Å². The van der Waals surface area contributed by atoms with Crippen molar-refractivity contribution in [3.8, 4) is 5.75 Å². The van der Waals surface area contributed by atoms with Gasteiger partial charge < -0.3 is 15.2 Å². The summed E-state index contributed by atoms with van der Waals surface area (Å²) in [5.74, 6) is -2.30. The van der Waals surface area contributed by atoms with Gasteiger partial charge in [-0.3, -0.25) is 9.59 Å². The number of benzene rings is 1. The van der Waals surface area contributed by atoms with Crippen LogP contribution in [0.1, 0.15) is 12.0 Å². The molecular weight excluding hydrogens is 267 g/mol. The van der Waals surface area contributed by atoms with Gasteiger partial charge in [-0.1, -0.05) is 12.1 Å². The molecule has 0 aliphatic carbocycles. The lowest BCUT2D eigenvalue weighted by atomic mass is 10.2. The van der Waals surface area contributed by atoms with Crippen molar-refractivity contribution < 1.29 is 32.6 Å². The van der Waals surface area contributed by atoms with Crippen molar-refractivity contribution in [2.75, 3.05) is 0 Å². The zero-order valence-electron chi connectivity index (χ0n) is 9.53. The van der Waals surface area contributed by atoms with Crippen LogP contribution >= 0.6 is 0 Å². The highest BCUT2D eigenvalue weighted by molar-refractivity contribution is 5.93. The van der Waals surface area contributed by atoms with Crippen molar-refractivity contribution in [3.63, 3.8) is 0 Å². The van der Waals surface area contributed by atoms with E-state index < -0.39 is 24.7 Å². The summed E-state index contributed by atoms with van der Waals surface area (Å²) < 4.78 is 39.3. The van der Waals surface area contributed by atoms with E-state index in [1.807, 2.05) is 0 Å². The first kappa shape index (κ1) is 14.8. The van der Waals surface area contributed by atoms with Crippen molar-refractivity contribution in [1.82, 2.24) is 5.32 Å². The summed E-state index contributed by atoms with van der Waals surface area (Å²) in [5, 5.41) is 10.7. The van der Waals surface area contributed by atoms with Gasteiger partial charge in [-0.25, -0.2) is 0 Å². The molecule has 1 rings (SSSR count). The number of alkyl halides is 3. The number of carboxylic acids is 1. The highest BCUT2D eigenvalue weighted by Crippen LogP contribution is 2.22. The minimum atomic E-state index is -4.75. The van der Waals surface area contributed by atoms with Crippen molar-refractivity contribution in [3.05, 3.63) is 29.8 Å². The number of carbonyl (C=O) groups excluding carboxylic acids is 1. The molecule has 0 atom stereocenters. The zero-order chi connectivity index (χ0) is 14.5. The van der Waals surface area contributed by atoms with Gasteiger partial charge in [-0.2, -0.15) is 0 Å². The smallest absolute Gasteiger partial charge is 0.481 e. The Labute approximate surface area is 106 Å². The molecule has 2 N–H and O–H groups in total. The van der Waals surface area contributed by atoms with Gasteiger partial charge in [0, 0.05) is 6.54 Å². The fraction of sp³-hybridized carbons (Fsp3) is 0.273. The van der Waals surface area contributed by atoms with Gasteiger partial charge in [0.15, 0.2) is 0 Å². The molecule has 0 saturated carbocycles. The molecule has 0 heterocycles. The van der Waals surface area contributed by atoms with E-state index in [1.165, 1.54) is 12.1 Å². The van der Waals surface area contributed by atoms with Crippen LogP contribution in [0.3, 0.4) is 0 Å². The van der Waals surface area contributed by atoms with Crippen molar-refractivity contribution in [2.24, 2.45) is 0 Å². The van der Waals surface area contributed by atoms with Crippen LogP contribution in [-0.4, -0.2) is 23.3 Å². The van der Waals surface area contributed by atoms with Gasteiger partial charge in [0.2, 0.25) is 5.91 Å². The molecule has 0 saturated heterocycles. The Hall–Kier alpha value is -2.25. The molecule has 0 aliphatic heterocycles. The maximum Gasteiger partial charge on any atom is 0.573 e. The summed E-state index contributed by atoms with van der Waals surface area (Å²) >= 11 is 0. The number of aliphatic carboxylic acids is 1. The Morgan fingerprint density at radius 1 is 1.21 bits per heavy atom. The van der Waals surface area contributed by atoms with Crippen molar-refractivity contribution in [2.45, 2.75) is 19.3 Å². The number of carboxylic acid groups (broad SMARTS) is 1. The maximum atomic E-state index is 11.9. The Morgan fingerprint density at radius 2 is 1.79 bits per heavy atom. The molecule has 0 radical (unpaired) electrons. The molecular formula is C11H10F3NO4. The monoisotopic (exact) mass is 277 g/mol. The number of nitrogens with one attached hydrogen (secondary N) is 1. The predicted octanol–water partition coefficient (Wildman–Crippen LogP) is 1.68. The van der Waals surface area contributed by atoms with E-state index in [-0.39, 0.29) is 12.3 Å². The van der Waals surface area contributed by atoms with Crippen LogP contribution in [0.25, 0.3) is 0 Å². The van der Waals surface area contributed by atoms with Crippen LogP contribution in [0.4, 0.5) is 13.2 Å². The van der Waals surface area contributed by atoms with Gasteiger partial charge in [-0.15, -0.1) is 13.2 Å². The molecule has 0 unspecified atom stereocenters. The van der Waals surface area contributed by atoms with Crippen molar-refractivity contribution in [1.29, 1.82) is 0 Å². The third-order valence-electron chi connectivity index (χ3n) is 1.96. The fourth-order valence-electron chi connectivity index (χ4n) is 1.21. The number of hydrogen-bond donors (Lipinski definition) is 2. The van der Waals surface area contributed by atoms with E-state index in [1.54, 1.807) is 0 Å². The third-order valence-corrected chi connectivity index (χ3v) is 1.96. The van der Waals surface area contributed by atoms with Gasteiger partial charge >= 0.3 is 12.3 Å². The molecule has 0 bridgehead atoms. The Morgan fingerprint density at radius 3 is 2.26 bits per heavy atom. The first-order chi connectivity index (χ1) is 8.76. The molecule has 0 aromatic heterocycles. The van der Waals surface area contributed by atoms with E-state index >= 15 is 0 Å². The number of carbonyl (C=O) groups is 2. The van der Waals surface area contributed by atoms with Crippen LogP contribution in [0.2, 0.25) is 0 Å². The number of hydrogen-bond acceptors (Lipinski definition) is 3. The molecule has 0 aliphatic rings. The maximum absolute atomic E-state index is 11.9. The van der Waals surface area contributed by atoms with E-state index in [4.69, 9.17) is 5.11 Å². The predicted molar refractivity (Wildman–Crippen MR) is 57.2 cm³/mol. The highest BCUT2D eigenvalue weighted by Gasteiger charge is 2.30. The molecule has 19 heavy (non-hydrogen) atoms. The van der Waals surface area contributed by atoms with E-state index in [9.17, 15) is 22.8 Å². The minimum Gasteiger partial charge on any atom is -0.481 e. The largest absolute Gasteiger partial charge is 0.573 e. The van der Waals surface area contributed by atoms with E-state index in [0.29, 0.717) is 5.56 Å². The van der Waals surface area contributed by atoms with Crippen LogP contribution < -0.4 is 10.1 Å². The average molecular weight is 277 g/mol. The topological polar surface area (TPSA) is 75.6 Å². The van der Waals surface area contributed by atoms with Gasteiger partial charge in [-0.05, 0) is 17.7 Å². The molecule has 8 heteroatoms. The van der Waals surface area contributed by atoms with Crippen LogP contribution in [0.5, 0.6) is 5.75 Å². The summed E-state index contributed by atoms with van der Waals surface area (Å²) in [7, 11) is 0. The summed E-state index contributed by atoms with van der Waals surface area (Å²) in [6.07, 6.45) is -5.41. The normalized spacial score (nSPS) is 10.9. The second-order valence-corrected chi connectivity index (χ2v) is 3.54. The quantitative estimate of drug-likeness (QED) is 0.803. The number of amides is 1. The highest BCUT2D eigenvalue weighted by atomic mass is 19.4. The van der Waals surface area contributed by atoms with E-state index in [0.717, 1.165) is 12.1 Å². The molecule has 1 aromatic carbocycles. The number of rotatable bonds is 5. The van der Waals surface area contributed by atoms with Gasteiger partial charge in [0.05, 0.1) is 0 Å². The first-order valence-electron chi connectivity index (χ1n) is 5.09. The Kier molecular flexibility index (Phi) is 4.74. The lowest BCUT2D eigenvalue weighted by Gasteiger charge is -2.09. The summed E-state index contributed by atoms with van der Waals surface area (Å²) in [6, 6.07) is 4.88. The molecule has 104 valence electrons. The lowest BCUT2D eigenvalue weighted by molar-refractivity contribution is -0.274. The second kappa shape index (κ2) is 6.07.